The van der Waals surface area contributed by atoms with Gasteiger partial charge in [0.25, 0.3) is 12.6 Å². The molecule has 2 atom stereocenters. The standard InChI is InChI=1S/C30H58O12/c1-9-23-33-27(29(35-11-3,36-12-4)37-13-5)41-25(31)21-19-17-18-20-22-26(32)42-28(34-24-10-2)30(38-14-6,39-15-7)40-16-8/h27-28H,9-24H2,1-8H3. The fourth-order valence-electron chi connectivity index (χ4n) is 3.98. The van der Waals surface area contributed by atoms with Gasteiger partial charge in [-0.15, -0.1) is 0 Å². The van der Waals surface area contributed by atoms with Gasteiger partial charge in [-0.25, -0.2) is 0 Å². The molecule has 0 saturated carbocycles. The summed E-state index contributed by atoms with van der Waals surface area (Å²) in [6, 6.07) is 0. The Morgan fingerprint density at radius 3 is 1.00 bits per heavy atom. The molecule has 0 aliphatic rings. The van der Waals surface area contributed by atoms with Gasteiger partial charge in [-0.3, -0.25) is 9.59 Å². The first-order valence-electron chi connectivity index (χ1n) is 15.7. The minimum absolute atomic E-state index is 0.170. The number of rotatable bonds is 29. The Morgan fingerprint density at radius 2 is 0.762 bits per heavy atom. The molecule has 0 heterocycles. The average molecular weight is 611 g/mol. The summed E-state index contributed by atoms with van der Waals surface area (Å²) >= 11 is 0. The lowest BCUT2D eigenvalue weighted by molar-refractivity contribution is -0.447. The topological polar surface area (TPSA) is 126 Å². The van der Waals surface area contributed by atoms with Crippen LogP contribution in [0.25, 0.3) is 0 Å². The Labute approximate surface area is 253 Å². The van der Waals surface area contributed by atoms with Gasteiger partial charge < -0.3 is 47.4 Å². The molecule has 0 fully saturated rings. The minimum atomic E-state index is -1.63. The van der Waals surface area contributed by atoms with Crippen molar-refractivity contribution in [1.29, 1.82) is 0 Å². The molecule has 0 radical (unpaired) electrons. The zero-order valence-corrected chi connectivity index (χ0v) is 27.4. The van der Waals surface area contributed by atoms with Crippen molar-refractivity contribution >= 4 is 11.9 Å². The second-order valence-corrected chi connectivity index (χ2v) is 9.10. The SMILES string of the molecule is CCCOC(OC(=O)CCCCCCC(=O)OC(OCCC)C(OCC)(OCC)OCC)C(OCC)(OCC)OCC. The molecule has 0 N–H and O–H groups in total. The number of ether oxygens (including phenoxy) is 10. The lowest BCUT2D eigenvalue weighted by Crippen LogP contribution is -2.53. The van der Waals surface area contributed by atoms with E-state index in [2.05, 4.69) is 0 Å². The number of unbranched alkanes of at least 4 members (excludes halogenated alkanes) is 3. The van der Waals surface area contributed by atoms with Gasteiger partial charge in [0, 0.05) is 52.5 Å². The number of hydrogen-bond donors (Lipinski definition) is 0. The Hall–Kier alpha value is -1.38. The van der Waals surface area contributed by atoms with Crippen LogP contribution in [0.4, 0.5) is 0 Å². The Bertz CT molecular complexity index is 585. The van der Waals surface area contributed by atoms with Crippen LogP contribution in [0.3, 0.4) is 0 Å². The lowest BCUT2D eigenvalue weighted by Gasteiger charge is -2.37. The van der Waals surface area contributed by atoms with E-state index in [0.29, 0.717) is 51.7 Å². The largest absolute Gasteiger partial charge is 0.427 e. The van der Waals surface area contributed by atoms with E-state index in [4.69, 9.17) is 47.4 Å². The fourth-order valence-corrected chi connectivity index (χ4v) is 3.98. The first-order valence-corrected chi connectivity index (χ1v) is 15.7. The van der Waals surface area contributed by atoms with E-state index in [1.165, 1.54) is 0 Å². The predicted molar refractivity (Wildman–Crippen MR) is 155 cm³/mol. The van der Waals surface area contributed by atoms with Crippen molar-refractivity contribution in [2.75, 3.05) is 52.9 Å². The second kappa shape index (κ2) is 25.0. The Balaban J connectivity index is 4.92. The van der Waals surface area contributed by atoms with Gasteiger partial charge in [0.05, 0.1) is 13.2 Å². The van der Waals surface area contributed by atoms with E-state index >= 15 is 0 Å². The molecule has 0 saturated heterocycles. The maximum absolute atomic E-state index is 12.7. The van der Waals surface area contributed by atoms with Crippen molar-refractivity contribution < 1.29 is 57.0 Å². The molecule has 12 heteroatoms. The van der Waals surface area contributed by atoms with Gasteiger partial charge in [0.1, 0.15) is 0 Å². The summed E-state index contributed by atoms with van der Waals surface area (Å²) in [6.07, 6.45) is 2.01. The highest BCUT2D eigenvalue weighted by atomic mass is 16.9. The average Bonchev–Trinajstić information content (AvgIpc) is 2.95. The quantitative estimate of drug-likeness (QED) is 0.0607. The normalized spacial score (nSPS) is 13.6. The molecule has 42 heavy (non-hydrogen) atoms. The molecule has 12 nitrogen and oxygen atoms in total. The molecular weight excluding hydrogens is 552 g/mol. The van der Waals surface area contributed by atoms with Gasteiger partial charge in [-0.2, -0.15) is 0 Å². The first-order chi connectivity index (χ1) is 20.3. The molecule has 0 spiro atoms. The third kappa shape index (κ3) is 15.4. The summed E-state index contributed by atoms with van der Waals surface area (Å²) in [5.41, 5.74) is 0. The summed E-state index contributed by atoms with van der Waals surface area (Å²) in [6.45, 7) is 17.0. The summed E-state index contributed by atoms with van der Waals surface area (Å²) in [4.78, 5) is 25.4. The second-order valence-electron chi connectivity index (χ2n) is 9.10. The molecule has 0 rings (SSSR count). The summed E-state index contributed by atoms with van der Waals surface area (Å²) < 4.78 is 57.2. The van der Waals surface area contributed by atoms with Crippen molar-refractivity contribution in [2.24, 2.45) is 0 Å². The van der Waals surface area contributed by atoms with E-state index in [-0.39, 0.29) is 52.5 Å². The summed E-state index contributed by atoms with van der Waals surface area (Å²) in [5.74, 6) is -4.17. The highest BCUT2D eigenvalue weighted by molar-refractivity contribution is 5.69. The van der Waals surface area contributed by atoms with Crippen LogP contribution in [0.15, 0.2) is 0 Å². The molecule has 2 unspecified atom stereocenters. The van der Waals surface area contributed by atoms with Gasteiger partial charge in [-0.05, 0) is 67.2 Å². The molecule has 0 aromatic rings. The Kier molecular flexibility index (Phi) is 24.2. The van der Waals surface area contributed by atoms with Crippen LogP contribution in [0, 0.1) is 0 Å². The molecular formula is C30H58O12. The number of carbonyl (C=O) groups is 2. The maximum atomic E-state index is 12.7. The predicted octanol–water partition coefficient (Wildman–Crippen LogP) is 5.45. The highest BCUT2D eigenvalue weighted by Crippen LogP contribution is 2.27. The van der Waals surface area contributed by atoms with E-state index in [1.807, 2.05) is 13.8 Å². The van der Waals surface area contributed by atoms with E-state index in [1.54, 1.807) is 41.5 Å². The zero-order valence-electron chi connectivity index (χ0n) is 27.4. The zero-order chi connectivity index (χ0) is 31.7. The summed E-state index contributed by atoms with van der Waals surface area (Å²) in [7, 11) is 0. The molecule has 0 amide bonds. The molecule has 0 aromatic heterocycles. The van der Waals surface area contributed by atoms with E-state index in [0.717, 1.165) is 0 Å². The van der Waals surface area contributed by atoms with Crippen LogP contribution in [0.1, 0.15) is 107 Å². The molecule has 0 aliphatic heterocycles. The van der Waals surface area contributed by atoms with Gasteiger partial charge >= 0.3 is 23.9 Å². The van der Waals surface area contributed by atoms with Crippen LogP contribution in [0.2, 0.25) is 0 Å². The van der Waals surface area contributed by atoms with Crippen molar-refractivity contribution in [1.82, 2.24) is 0 Å². The summed E-state index contributed by atoms with van der Waals surface area (Å²) in [5, 5.41) is 0. The molecule has 250 valence electrons. The van der Waals surface area contributed by atoms with Gasteiger partial charge in [0.15, 0.2) is 0 Å². The third-order valence-electron chi connectivity index (χ3n) is 5.59. The van der Waals surface area contributed by atoms with Crippen molar-refractivity contribution in [2.45, 2.75) is 131 Å². The van der Waals surface area contributed by atoms with Crippen LogP contribution in [0.5, 0.6) is 0 Å². The Morgan fingerprint density at radius 1 is 0.476 bits per heavy atom. The molecule has 0 aliphatic carbocycles. The monoisotopic (exact) mass is 610 g/mol. The van der Waals surface area contributed by atoms with E-state index < -0.39 is 36.5 Å². The van der Waals surface area contributed by atoms with Crippen molar-refractivity contribution in [3.8, 4) is 0 Å². The maximum Gasteiger partial charge on any atom is 0.349 e. The first kappa shape index (κ1) is 40.6. The third-order valence-corrected chi connectivity index (χ3v) is 5.59. The minimum Gasteiger partial charge on any atom is -0.427 e. The number of carbonyl (C=O) groups excluding carboxylic acids is 2. The van der Waals surface area contributed by atoms with Crippen LogP contribution < -0.4 is 0 Å². The van der Waals surface area contributed by atoms with Crippen LogP contribution >= 0.6 is 0 Å². The van der Waals surface area contributed by atoms with Gasteiger partial charge in [0.2, 0.25) is 0 Å². The number of hydrogen-bond acceptors (Lipinski definition) is 12. The van der Waals surface area contributed by atoms with Crippen LogP contribution in [-0.4, -0.2) is 89.3 Å². The van der Waals surface area contributed by atoms with Crippen molar-refractivity contribution in [3.63, 3.8) is 0 Å². The highest BCUT2D eigenvalue weighted by Gasteiger charge is 2.47. The lowest BCUT2D eigenvalue weighted by atomic mass is 10.1. The van der Waals surface area contributed by atoms with Crippen molar-refractivity contribution in [3.05, 3.63) is 0 Å². The van der Waals surface area contributed by atoms with Gasteiger partial charge in [-0.1, -0.05) is 26.7 Å². The van der Waals surface area contributed by atoms with Crippen LogP contribution in [-0.2, 0) is 57.0 Å². The fraction of sp³-hybridized carbons (Fsp3) is 0.933. The molecule has 0 aromatic carbocycles. The molecule has 0 bridgehead atoms. The number of esters is 2. The van der Waals surface area contributed by atoms with E-state index in [9.17, 15) is 9.59 Å². The smallest absolute Gasteiger partial charge is 0.349 e.